The molecule has 4 N–H and O–H groups in total. The van der Waals surface area contributed by atoms with Gasteiger partial charge >= 0.3 is 0 Å². The van der Waals surface area contributed by atoms with Gasteiger partial charge in [-0.3, -0.25) is 14.0 Å². The van der Waals surface area contributed by atoms with Crippen LogP contribution in [0, 0.1) is 0 Å². The average Bonchev–Trinajstić information content (AvgIpc) is 3.62. The topological polar surface area (TPSA) is 102 Å². The number of hydrogen-bond acceptors (Lipinski definition) is 5. The number of nitrogens with zero attached hydrogens (tertiary/aromatic N) is 2. The Hall–Kier alpha value is -4.01. The number of hydrogen-bond donors (Lipinski definition) is 3. The number of halogens is 2. The summed E-state index contributed by atoms with van der Waals surface area (Å²) < 4.78 is 1.54. The van der Waals surface area contributed by atoms with Gasteiger partial charge in [0, 0.05) is 71.3 Å². The minimum absolute atomic E-state index is 0.0327. The number of rotatable bonds is 9. The van der Waals surface area contributed by atoms with Crippen LogP contribution < -0.4 is 21.9 Å². The van der Waals surface area contributed by atoms with Crippen molar-refractivity contribution < 1.29 is 4.79 Å². The van der Waals surface area contributed by atoms with Gasteiger partial charge in [0.15, 0.2) is 0 Å². The fourth-order valence-corrected chi connectivity index (χ4v) is 6.76. The van der Waals surface area contributed by atoms with Crippen LogP contribution in [0.5, 0.6) is 0 Å². The molecule has 228 valence electrons. The number of nitrogens with one attached hydrogen (secondary N) is 2. The van der Waals surface area contributed by atoms with Crippen LogP contribution in [0.2, 0.25) is 10.0 Å². The van der Waals surface area contributed by atoms with E-state index in [-0.39, 0.29) is 23.0 Å². The Balaban J connectivity index is 1.14. The fraction of sp³-hybridized carbons (Fsp3) is 0.250. The summed E-state index contributed by atoms with van der Waals surface area (Å²) >= 11 is 14.1. The van der Waals surface area contributed by atoms with E-state index in [0.717, 1.165) is 59.1 Å². The van der Waals surface area contributed by atoms with Gasteiger partial charge in [-0.15, -0.1) is 0 Å². The normalized spacial score (nSPS) is 17.0. The zero-order valence-corrected chi connectivity index (χ0v) is 26.2. The summed E-state index contributed by atoms with van der Waals surface area (Å²) in [5.74, 6) is 0.0721. The van der Waals surface area contributed by atoms with Gasteiger partial charge in [-0.25, -0.2) is 4.98 Å². The Bertz CT molecular complexity index is 1990. The molecule has 0 bridgehead atoms. The van der Waals surface area contributed by atoms with Crippen LogP contribution in [0.4, 0.5) is 0 Å². The van der Waals surface area contributed by atoms with Crippen molar-refractivity contribution in [3.8, 4) is 33.4 Å². The molecule has 7 rings (SSSR count). The molecule has 1 aliphatic heterocycles. The average molecular weight is 639 g/mol. The third kappa shape index (κ3) is 6.14. The summed E-state index contributed by atoms with van der Waals surface area (Å²) in [7, 11) is 0. The van der Waals surface area contributed by atoms with Crippen LogP contribution in [0.25, 0.3) is 39.0 Å². The molecular weight excluding hydrogens is 605 g/mol. The highest BCUT2D eigenvalue weighted by atomic mass is 35.5. The lowest BCUT2D eigenvalue weighted by Crippen LogP contribution is -2.36. The lowest BCUT2D eigenvalue weighted by molar-refractivity contribution is -0.119. The number of pyridine rings is 1. The van der Waals surface area contributed by atoms with Gasteiger partial charge in [0.1, 0.15) is 5.65 Å². The first-order chi connectivity index (χ1) is 21.8. The van der Waals surface area contributed by atoms with Gasteiger partial charge < -0.3 is 16.4 Å². The van der Waals surface area contributed by atoms with Crippen LogP contribution in [0.1, 0.15) is 36.8 Å². The van der Waals surface area contributed by atoms with Crippen molar-refractivity contribution in [2.24, 2.45) is 5.73 Å². The Morgan fingerprint density at radius 1 is 0.911 bits per heavy atom. The molecule has 1 aliphatic carbocycles. The largest absolute Gasteiger partial charge is 0.352 e. The molecule has 45 heavy (non-hydrogen) atoms. The second-order valence-corrected chi connectivity index (χ2v) is 13.0. The molecule has 2 aromatic heterocycles. The van der Waals surface area contributed by atoms with Gasteiger partial charge in [0.25, 0.3) is 5.56 Å². The lowest BCUT2D eigenvalue weighted by atomic mass is 9.95. The zero-order chi connectivity index (χ0) is 31.1. The minimum Gasteiger partial charge on any atom is -0.352 e. The van der Waals surface area contributed by atoms with Gasteiger partial charge in [0.2, 0.25) is 5.91 Å². The summed E-state index contributed by atoms with van der Waals surface area (Å²) in [5, 5.41) is 7.39. The fourth-order valence-electron chi connectivity index (χ4n) is 6.09. The Morgan fingerprint density at radius 2 is 1.58 bits per heavy atom. The first kappa shape index (κ1) is 29.7. The second kappa shape index (κ2) is 12.1. The van der Waals surface area contributed by atoms with Crippen molar-refractivity contribution in [1.82, 2.24) is 20.0 Å². The number of carbonyl (C=O) groups excluding carboxylic acids is 1. The van der Waals surface area contributed by atoms with E-state index in [1.807, 2.05) is 48.5 Å². The molecule has 1 atom stereocenters. The monoisotopic (exact) mass is 637 g/mol. The summed E-state index contributed by atoms with van der Waals surface area (Å²) in [6, 6.07) is 24.2. The summed E-state index contributed by atoms with van der Waals surface area (Å²) in [6.45, 7) is 0.978. The van der Waals surface area contributed by atoms with E-state index in [9.17, 15) is 9.59 Å². The number of carbonyl (C=O) groups is 1. The van der Waals surface area contributed by atoms with Crippen molar-refractivity contribution in [3.63, 3.8) is 0 Å². The highest BCUT2D eigenvalue weighted by molar-refractivity contribution is 6.39. The van der Waals surface area contributed by atoms with Crippen molar-refractivity contribution >= 4 is 34.8 Å². The van der Waals surface area contributed by atoms with Gasteiger partial charge in [-0.05, 0) is 54.5 Å². The van der Waals surface area contributed by atoms with Crippen LogP contribution in [-0.4, -0.2) is 33.4 Å². The third-order valence-electron chi connectivity index (χ3n) is 8.88. The van der Waals surface area contributed by atoms with Gasteiger partial charge in [-0.2, -0.15) is 0 Å². The number of aromatic nitrogens is 2. The third-order valence-corrected chi connectivity index (χ3v) is 9.70. The van der Waals surface area contributed by atoms with Crippen molar-refractivity contribution in [2.45, 2.75) is 50.2 Å². The molecule has 3 aromatic carbocycles. The quantitative estimate of drug-likeness (QED) is 0.173. The SMILES string of the molecule is NC1(Cc2ccc(-c3cccc(-c4cccc(-c5ccn6c(=O)c(CNC[C@@H]7CCC(=O)N7)cnc6c5)c4Cl)c3Cl)cc2)CC1. The first-order valence-electron chi connectivity index (χ1n) is 15.2. The van der Waals surface area contributed by atoms with Crippen molar-refractivity contribution in [3.05, 3.63) is 117 Å². The van der Waals surface area contributed by atoms with E-state index in [1.54, 1.807) is 16.8 Å². The molecular formula is C36H33Cl2N5O2. The predicted molar refractivity (Wildman–Crippen MR) is 181 cm³/mol. The van der Waals surface area contributed by atoms with Crippen LogP contribution in [-0.2, 0) is 17.8 Å². The predicted octanol–water partition coefficient (Wildman–Crippen LogP) is 6.40. The summed E-state index contributed by atoms with van der Waals surface area (Å²) in [6.07, 6.45) is 7.75. The molecule has 0 radical (unpaired) electrons. The highest BCUT2D eigenvalue weighted by Crippen LogP contribution is 2.42. The number of benzene rings is 3. The molecule has 5 aromatic rings. The zero-order valence-electron chi connectivity index (χ0n) is 24.7. The number of fused-ring (bicyclic) bond motifs is 1. The van der Waals surface area contributed by atoms with Crippen molar-refractivity contribution in [2.75, 3.05) is 6.54 Å². The van der Waals surface area contributed by atoms with E-state index in [4.69, 9.17) is 28.9 Å². The van der Waals surface area contributed by atoms with Gasteiger partial charge in [-0.1, -0.05) is 83.9 Å². The lowest BCUT2D eigenvalue weighted by Gasteiger charge is -2.15. The van der Waals surface area contributed by atoms with E-state index in [0.29, 0.717) is 40.8 Å². The first-order valence-corrected chi connectivity index (χ1v) is 16.0. The smallest absolute Gasteiger partial charge is 0.262 e. The molecule has 2 fully saturated rings. The highest BCUT2D eigenvalue weighted by Gasteiger charge is 2.37. The Kier molecular flexibility index (Phi) is 7.96. The van der Waals surface area contributed by atoms with Crippen LogP contribution in [0.3, 0.4) is 0 Å². The van der Waals surface area contributed by atoms with Crippen molar-refractivity contribution in [1.29, 1.82) is 0 Å². The Labute approximate surface area is 271 Å². The molecule has 0 unspecified atom stereocenters. The maximum atomic E-state index is 13.2. The van der Waals surface area contributed by atoms with E-state index in [1.165, 1.54) is 5.56 Å². The maximum Gasteiger partial charge on any atom is 0.262 e. The number of amides is 1. The number of nitrogens with two attached hydrogens (primary N) is 1. The minimum atomic E-state index is -0.138. The van der Waals surface area contributed by atoms with E-state index in [2.05, 4.69) is 39.9 Å². The molecule has 3 heterocycles. The molecule has 2 aliphatic rings. The van der Waals surface area contributed by atoms with E-state index < -0.39 is 0 Å². The molecule has 0 spiro atoms. The van der Waals surface area contributed by atoms with Gasteiger partial charge in [0.05, 0.1) is 10.0 Å². The molecule has 1 saturated carbocycles. The maximum absolute atomic E-state index is 13.2. The second-order valence-electron chi connectivity index (χ2n) is 12.2. The molecule has 1 amide bonds. The Morgan fingerprint density at radius 3 is 2.22 bits per heavy atom. The molecule has 1 saturated heterocycles. The van der Waals surface area contributed by atoms with Crippen LogP contribution >= 0.6 is 23.2 Å². The molecule has 9 heteroatoms. The van der Waals surface area contributed by atoms with E-state index >= 15 is 0 Å². The standard InChI is InChI=1S/C36H33Cl2N5O2/c37-33-27(23-9-7-22(8-10-23)18-36(39)14-15-36)3-1-5-29(33)30-6-2-4-28(34(30)38)24-13-16-43-31(17-24)41-20-25(35(43)45)19-40-21-26-11-12-32(44)42-26/h1-10,13,16-17,20,26,40H,11-12,14-15,18-19,21,39H2,(H,42,44)/t26-/m0/s1. The summed E-state index contributed by atoms with van der Waals surface area (Å²) in [5.41, 5.74) is 13.7. The molecule has 7 nitrogen and oxygen atoms in total. The summed E-state index contributed by atoms with van der Waals surface area (Å²) in [4.78, 5) is 29.2. The van der Waals surface area contributed by atoms with Crippen LogP contribution in [0.15, 0.2) is 90.0 Å².